The van der Waals surface area contributed by atoms with Crippen molar-refractivity contribution in [3.05, 3.63) is 45.4 Å². The number of carboxylic acid groups (broad SMARTS) is 1. The number of Topliss-reactive ketones (excluding diaryl/α,β-unsaturated/α-hetero) is 1. The topological polar surface area (TPSA) is 143 Å². The van der Waals surface area contributed by atoms with E-state index in [-0.39, 0.29) is 69.2 Å². The molecule has 1 heterocycles. The number of aromatic amines is 1. The first-order valence-electron chi connectivity index (χ1n) is 18.8. The number of ether oxygens (including phenoxy) is 1. The van der Waals surface area contributed by atoms with E-state index in [1.165, 1.54) is 24.0 Å². The van der Waals surface area contributed by atoms with Crippen LogP contribution in [-0.4, -0.2) is 45.4 Å². The molecule has 0 spiro atoms. The molecule has 1 amide bonds. The van der Waals surface area contributed by atoms with Crippen molar-refractivity contribution in [3.8, 4) is 0 Å². The summed E-state index contributed by atoms with van der Waals surface area (Å²) in [5.41, 5.74) is -0.225. The maximum absolute atomic E-state index is 13.9. The SMILES string of the molecule is CC(C)C1C(=O)C[C@]2(NC(=O)c3c[nH]ccc3=O)CC[C@]3(C)C(=C12)CC[C@@H]1[C@@]2(C)CC[C@H](OC(=O)CC(C)(C)C(=O)O)C(C)(C)[C@@H]2CC[C@]13C. The van der Waals surface area contributed by atoms with Crippen molar-refractivity contribution in [2.45, 2.75) is 138 Å². The average Bonchev–Trinajstić information content (AvgIpc) is 3.30. The lowest BCUT2D eigenvalue weighted by atomic mass is 9.34. The second-order valence-electron chi connectivity index (χ2n) is 18.9. The zero-order valence-electron chi connectivity index (χ0n) is 31.6. The summed E-state index contributed by atoms with van der Waals surface area (Å²) in [5, 5.41) is 12.9. The van der Waals surface area contributed by atoms with E-state index in [1.54, 1.807) is 13.8 Å². The third-order valence-corrected chi connectivity index (χ3v) is 15.1. The number of hydrogen-bond donors (Lipinski definition) is 3. The van der Waals surface area contributed by atoms with Crippen molar-refractivity contribution in [3.63, 3.8) is 0 Å². The van der Waals surface area contributed by atoms with Crippen LogP contribution in [0.4, 0.5) is 0 Å². The molecule has 3 N–H and O–H groups in total. The largest absolute Gasteiger partial charge is 0.481 e. The van der Waals surface area contributed by atoms with Gasteiger partial charge >= 0.3 is 11.9 Å². The van der Waals surface area contributed by atoms with E-state index in [2.05, 4.69) is 58.8 Å². The van der Waals surface area contributed by atoms with Gasteiger partial charge < -0.3 is 20.1 Å². The molecule has 0 aromatic carbocycles. The molecule has 1 unspecified atom stereocenters. The van der Waals surface area contributed by atoms with Crippen molar-refractivity contribution in [2.24, 2.45) is 50.7 Å². The molecule has 8 atom stereocenters. The van der Waals surface area contributed by atoms with E-state index < -0.39 is 28.8 Å². The molecule has 0 radical (unpaired) electrons. The van der Waals surface area contributed by atoms with Crippen LogP contribution in [0, 0.1) is 50.7 Å². The van der Waals surface area contributed by atoms with Crippen molar-refractivity contribution < 1.29 is 29.0 Å². The van der Waals surface area contributed by atoms with Gasteiger partial charge in [-0.3, -0.25) is 24.0 Å². The first-order chi connectivity index (χ1) is 23.1. The van der Waals surface area contributed by atoms with Crippen molar-refractivity contribution in [2.75, 3.05) is 0 Å². The summed E-state index contributed by atoms with van der Waals surface area (Å²) in [5.74, 6) is -1.13. The summed E-state index contributed by atoms with van der Waals surface area (Å²) < 4.78 is 6.13. The number of pyridine rings is 1. The van der Waals surface area contributed by atoms with Gasteiger partial charge in [0.2, 0.25) is 0 Å². The summed E-state index contributed by atoms with van der Waals surface area (Å²) in [6.45, 7) is 19.2. The Balaban J connectivity index is 1.34. The summed E-state index contributed by atoms with van der Waals surface area (Å²) in [6, 6.07) is 1.36. The van der Waals surface area contributed by atoms with Gasteiger partial charge in [-0.2, -0.15) is 0 Å². The number of nitrogens with one attached hydrogen (secondary N) is 2. The maximum Gasteiger partial charge on any atom is 0.309 e. The van der Waals surface area contributed by atoms with Crippen LogP contribution in [0.1, 0.15) is 137 Å². The minimum absolute atomic E-state index is 0.0129. The number of hydrogen-bond acceptors (Lipinski definition) is 6. The molecule has 4 saturated carbocycles. The Morgan fingerprint density at radius 1 is 1.00 bits per heavy atom. The molecule has 4 fully saturated rings. The number of rotatable bonds is 7. The van der Waals surface area contributed by atoms with Crippen LogP contribution in [0.25, 0.3) is 0 Å². The number of allylic oxidation sites excluding steroid dienone is 1. The van der Waals surface area contributed by atoms with E-state index in [4.69, 9.17) is 4.74 Å². The van der Waals surface area contributed by atoms with Gasteiger partial charge in [0.05, 0.1) is 17.4 Å². The van der Waals surface area contributed by atoms with Gasteiger partial charge in [-0.25, -0.2) is 0 Å². The molecular formula is C41H58N2O7. The van der Waals surface area contributed by atoms with Gasteiger partial charge in [0.1, 0.15) is 17.5 Å². The molecular weight excluding hydrogens is 632 g/mol. The molecule has 274 valence electrons. The number of carboxylic acids is 1. The Kier molecular flexibility index (Phi) is 8.71. The number of aliphatic carboxylic acids is 1. The number of H-pyrrole nitrogens is 1. The highest BCUT2D eigenvalue weighted by atomic mass is 16.5. The van der Waals surface area contributed by atoms with Gasteiger partial charge in [0.25, 0.3) is 5.91 Å². The second-order valence-corrected chi connectivity index (χ2v) is 18.9. The quantitative estimate of drug-likeness (QED) is 0.202. The van der Waals surface area contributed by atoms with Gasteiger partial charge in [0.15, 0.2) is 5.43 Å². The fourth-order valence-corrected chi connectivity index (χ4v) is 12.3. The van der Waals surface area contributed by atoms with Crippen molar-refractivity contribution >= 4 is 23.6 Å². The van der Waals surface area contributed by atoms with E-state index in [1.807, 2.05) is 0 Å². The molecule has 1 aromatic rings. The van der Waals surface area contributed by atoms with E-state index >= 15 is 0 Å². The number of fused-ring (bicyclic) bond motifs is 6. The monoisotopic (exact) mass is 690 g/mol. The molecule has 1 aromatic heterocycles. The first-order valence-corrected chi connectivity index (χ1v) is 18.8. The smallest absolute Gasteiger partial charge is 0.309 e. The van der Waals surface area contributed by atoms with Gasteiger partial charge in [-0.05, 0) is 105 Å². The standard InChI is InChI=1S/C41H58N2O7/c1-23(2)32-27(45)20-41(43-34(47)24-22-42-19-14-26(24)44)18-17-39(8)25(33(32)41)10-11-29-38(7)15-13-30(50-31(46)21-36(3,4)35(48)49)37(5,6)28(38)12-16-40(29,39)9/h14,19,22-23,28-30,32H,10-13,15-18,20-21H2,1-9H3,(H,42,44)(H,43,47)(H,48,49)/t28-,29+,30-,32?,38-,39+,40+,41+/m0/s1. The molecule has 0 aliphatic heterocycles. The second kappa shape index (κ2) is 11.9. The minimum Gasteiger partial charge on any atom is -0.481 e. The molecule has 6 rings (SSSR count). The van der Waals surface area contributed by atoms with E-state index in [0.29, 0.717) is 18.3 Å². The first kappa shape index (κ1) is 36.6. The molecule has 50 heavy (non-hydrogen) atoms. The highest BCUT2D eigenvalue weighted by Crippen LogP contribution is 2.75. The molecule has 5 aliphatic rings. The van der Waals surface area contributed by atoms with Crippen LogP contribution in [0.3, 0.4) is 0 Å². The molecule has 0 saturated heterocycles. The number of amides is 1. The fraction of sp³-hybridized carbons (Fsp3) is 0.732. The molecule has 9 nitrogen and oxygen atoms in total. The van der Waals surface area contributed by atoms with Crippen LogP contribution in [0.5, 0.6) is 0 Å². The van der Waals surface area contributed by atoms with Gasteiger partial charge in [0, 0.05) is 36.2 Å². The third-order valence-electron chi connectivity index (χ3n) is 15.1. The van der Waals surface area contributed by atoms with Gasteiger partial charge in [-0.15, -0.1) is 0 Å². The van der Waals surface area contributed by atoms with Gasteiger partial charge in [-0.1, -0.05) is 54.0 Å². The Hall–Kier alpha value is -3.23. The number of esters is 1. The van der Waals surface area contributed by atoms with Crippen LogP contribution in [-0.2, 0) is 19.1 Å². The molecule has 0 bridgehead atoms. The highest BCUT2D eigenvalue weighted by Gasteiger charge is 2.69. The molecule has 5 aliphatic carbocycles. The van der Waals surface area contributed by atoms with Crippen molar-refractivity contribution in [1.29, 1.82) is 0 Å². The predicted molar refractivity (Wildman–Crippen MR) is 190 cm³/mol. The van der Waals surface area contributed by atoms with Crippen molar-refractivity contribution in [1.82, 2.24) is 10.3 Å². The lowest BCUT2D eigenvalue weighted by molar-refractivity contribution is -0.214. The highest BCUT2D eigenvalue weighted by molar-refractivity contribution is 5.98. The van der Waals surface area contributed by atoms with Crippen LogP contribution >= 0.6 is 0 Å². The molecule has 9 heteroatoms. The number of aromatic nitrogens is 1. The Morgan fingerprint density at radius 2 is 1.70 bits per heavy atom. The normalized spacial score (nSPS) is 37.7. The zero-order chi connectivity index (χ0) is 36.8. The summed E-state index contributed by atoms with van der Waals surface area (Å²) in [6.07, 6.45) is 9.86. The summed E-state index contributed by atoms with van der Waals surface area (Å²) >= 11 is 0. The van der Waals surface area contributed by atoms with Crippen LogP contribution in [0.15, 0.2) is 34.4 Å². The Bertz CT molecular complexity index is 1700. The predicted octanol–water partition coefficient (Wildman–Crippen LogP) is 7.25. The maximum atomic E-state index is 13.9. The third kappa shape index (κ3) is 5.25. The number of carbonyl (C=O) groups is 4. The summed E-state index contributed by atoms with van der Waals surface area (Å²) in [7, 11) is 0. The number of ketones is 1. The van der Waals surface area contributed by atoms with E-state index in [0.717, 1.165) is 50.5 Å². The van der Waals surface area contributed by atoms with Crippen LogP contribution in [0.2, 0.25) is 0 Å². The average molecular weight is 691 g/mol. The Morgan fingerprint density at radius 3 is 2.34 bits per heavy atom. The lowest BCUT2D eigenvalue weighted by Crippen LogP contribution is -2.65. The lowest BCUT2D eigenvalue weighted by Gasteiger charge is -2.70. The van der Waals surface area contributed by atoms with E-state index in [9.17, 15) is 29.1 Å². The van der Waals surface area contributed by atoms with Crippen LogP contribution < -0.4 is 10.7 Å². The minimum atomic E-state index is -1.18. The number of carbonyl (C=O) groups excluding carboxylic acids is 3. The summed E-state index contributed by atoms with van der Waals surface area (Å²) in [4.78, 5) is 67.9. The zero-order valence-corrected chi connectivity index (χ0v) is 31.6. The Labute approximate surface area is 296 Å². The fourth-order valence-electron chi connectivity index (χ4n) is 12.3.